The van der Waals surface area contributed by atoms with Crippen molar-refractivity contribution in [1.82, 2.24) is 5.32 Å². The first-order valence-electron chi connectivity index (χ1n) is 8.08. The van der Waals surface area contributed by atoms with Gasteiger partial charge in [0.15, 0.2) is 6.61 Å². The number of anilines is 1. The maximum atomic E-state index is 12.1. The van der Waals surface area contributed by atoms with Crippen LogP contribution in [0.2, 0.25) is 10.0 Å². The van der Waals surface area contributed by atoms with E-state index in [0.29, 0.717) is 10.7 Å². The van der Waals surface area contributed by atoms with Gasteiger partial charge in [0.25, 0.3) is 5.91 Å². The third-order valence-electron chi connectivity index (χ3n) is 3.54. The number of benzene rings is 2. The predicted molar refractivity (Wildman–Crippen MR) is 104 cm³/mol. The Morgan fingerprint density at radius 3 is 2.41 bits per heavy atom. The van der Waals surface area contributed by atoms with E-state index in [1.165, 1.54) is 6.92 Å². The summed E-state index contributed by atoms with van der Waals surface area (Å²) < 4.78 is 5.00. The van der Waals surface area contributed by atoms with Crippen LogP contribution in [-0.4, -0.2) is 24.4 Å². The summed E-state index contributed by atoms with van der Waals surface area (Å²) in [4.78, 5) is 35.4. The van der Waals surface area contributed by atoms with Crippen molar-refractivity contribution in [2.75, 3.05) is 11.9 Å². The third kappa shape index (κ3) is 6.58. The lowest BCUT2D eigenvalue weighted by Gasteiger charge is -2.17. The van der Waals surface area contributed by atoms with Crippen LogP contribution in [0.15, 0.2) is 48.5 Å². The van der Waals surface area contributed by atoms with Gasteiger partial charge in [-0.3, -0.25) is 14.4 Å². The Balaban J connectivity index is 1.90. The van der Waals surface area contributed by atoms with E-state index in [9.17, 15) is 14.4 Å². The number of carbonyl (C=O) groups is 3. The molecule has 27 heavy (non-hydrogen) atoms. The highest BCUT2D eigenvalue weighted by molar-refractivity contribution is 6.44. The fourth-order valence-electron chi connectivity index (χ4n) is 2.34. The highest BCUT2D eigenvalue weighted by Gasteiger charge is 2.19. The normalized spacial score (nSPS) is 11.4. The van der Waals surface area contributed by atoms with Gasteiger partial charge in [-0.2, -0.15) is 0 Å². The minimum absolute atomic E-state index is 0.102. The summed E-state index contributed by atoms with van der Waals surface area (Å²) in [7, 11) is 0. The molecule has 0 bridgehead atoms. The molecule has 1 atom stereocenters. The maximum Gasteiger partial charge on any atom is 0.308 e. The molecular formula is C19H18Cl2N2O4. The molecule has 0 fully saturated rings. The second-order valence-corrected chi connectivity index (χ2v) is 6.46. The number of halogens is 2. The van der Waals surface area contributed by atoms with Gasteiger partial charge in [0, 0.05) is 6.92 Å². The van der Waals surface area contributed by atoms with Gasteiger partial charge in [-0.05, 0) is 17.7 Å². The highest BCUT2D eigenvalue weighted by atomic mass is 35.5. The van der Waals surface area contributed by atoms with E-state index in [1.807, 2.05) is 6.07 Å². The molecule has 0 spiro atoms. The summed E-state index contributed by atoms with van der Waals surface area (Å²) >= 11 is 11.9. The van der Waals surface area contributed by atoms with E-state index in [1.54, 1.807) is 42.5 Å². The van der Waals surface area contributed by atoms with Crippen molar-refractivity contribution in [2.24, 2.45) is 0 Å². The molecule has 0 aromatic heterocycles. The van der Waals surface area contributed by atoms with Crippen molar-refractivity contribution in [3.8, 4) is 0 Å². The van der Waals surface area contributed by atoms with Crippen LogP contribution >= 0.6 is 23.2 Å². The average molecular weight is 409 g/mol. The van der Waals surface area contributed by atoms with Gasteiger partial charge < -0.3 is 15.4 Å². The largest absolute Gasteiger partial charge is 0.455 e. The zero-order valence-corrected chi connectivity index (χ0v) is 16.0. The van der Waals surface area contributed by atoms with Crippen LogP contribution in [0, 0.1) is 0 Å². The van der Waals surface area contributed by atoms with Crippen LogP contribution in [0.4, 0.5) is 5.69 Å². The van der Waals surface area contributed by atoms with Gasteiger partial charge in [0.1, 0.15) is 0 Å². The number of ether oxygens (including phenoxy) is 1. The van der Waals surface area contributed by atoms with E-state index in [-0.39, 0.29) is 17.4 Å². The summed E-state index contributed by atoms with van der Waals surface area (Å²) in [6.07, 6.45) is -0.102. The molecule has 0 aliphatic carbocycles. The number of nitrogens with one attached hydrogen (secondary N) is 2. The number of esters is 1. The molecule has 2 amide bonds. The molecule has 0 aliphatic rings. The van der Waals surface area contributed by atoms with Crippen molar-refractivity contribution in [3.63, 3.8) is 0 Å². The lowest BCUT2D eigenvalue weighted by atomic mass is 10.0. The second-order valence-electron chi connectivity index (χ2n) is 5.68. The Kier molecular flexibility index (Phi) is 7.64. The Morgan fingerprint density at radius 2 is 1.74 bits per heavy atom. The molecule has 0 radical (unpaired) electrons. The summed E-state index contributed by atoms with van der Waals surface area (Å²) in [5.74, 6) is -1.45. The van der Waals surface area contributed by atoms with Crippen molar-refractivity contribution in [1.29, 1.82) is 0 Å². The molecule has 2 rings (SSSR count). The van der Waals surface area contributed by atoms with Gasteiger partial charge >= 0.3 is 5.97 Å². The third-order valence-corrected chi connectivity index (χ3v) is 4.36. The zero-order chi connectivity index (χ0) is 19.8. The van der Waals surface area contributed by atoms with Crippen LogP contribution in [-0.2, 0) is 19.1 Å². The first kappa shape index (κ1) is 20.7. The molecule has 0 saturated heterocycles. The number of hydrogen-bond donors (Lipinski definition) is 2. The Bertz CT molecular complexity index is 828. The van der Waals surface area contributed by atoms with E-state index >= 15 is 0 Å². The standard InChI is InChI=1S/C19H18Cl2N2O4/c1-12(24)22-16(13-6-3-2-4-7-13)10-18(26)27-11-17(25)23-15-9-5-8-14(20)19(15)21/h2-9,16H,10-11H2,1H3,(H,22,24)(H,23,25)/t16-/m0/s1. The Hall–Kier alpha value is -2.57. The SMILES string of the molecule is CC(=O)N[C@@H](CC(=O)OCC(=O)Nc1cccc(Cl)c1Cl)c1ccccc1. The molecule has 2 N–H and O–H groups in total. The van der Waals surface area contributed by atoms with Gasteiger partial charge in [0.2, 0.25) is 5.91 Å². The van der Waals surface area contributed by atoms with Crippen molar-refractivity contribution in [2.45, 2.75) is 19.4 Å². The van der Waals surface area contributed by atoms with E-state index < -0.39 is 24.5 Å². The maximum absolute atomic E-state index is 12.1. The minimum atomic E-state index is -0.620. The zero-order valence-electron chi connectivity index (χ0n) is 14.5. The van der Waals surface area contributed by atoms with Crippen molar-refractivity contribution in [3.05, 3.63) is 64.1 Å². The van der Waals surface area contributed by atoms with E-state index in [0.717, 1.165) is 5.56 Å². The lowest BCUT2D eigenvalue weighted by molar-refractivity contribution is -0.148. The lowest BCUT2D eigenvalue weighted by Crippen LogP contribution is -2.29. The molecule has 2 aromatic carbocycles. The molecule has 142 valence electrons. The number of rotatable bonds is 7. The molecule has 8 heteroatoms. The highest BCUT2D eigenvalue weighted by Crippen LogP contribution is 2.29. The summed E-state index contributed by atoms with van der Waals surface area (Å²) in [6, 6.07) is 13.3. The summed E-state index contributed by atoms with van der Waals surface area (Å²) in [5, 5.41) is 5.72. The predicted octanol–water partition coefficient (Wildman–Crippen LogP) is 3.74. The van der Waals surface area contributed by atoms with E-state index in [2.05, 4.69) is 10.6 Å². The van der Waals surface area contributed by atoms with Gasteiger partial charge in [-0.1, -0.05) is 59.6 Å². The smallest absolute Gasteiger partial charge is 0.308 e. The van der Waals surface area contributed by atoms with Gasteiger partial charge in [-0.15, -0.1) is 0 Å². The monoisotopic (exact) mass is 408 g/mol. The Labute approximate surface area is 166 Å². The average Bonchev–Trinajstić information content (AvgIpc) is 2.64. The molecule has 0 unspecified atom stereocenters. The Morgan fingerprint density at radius 1 is 1.04 bits per heavy atom. The summed E-state index contributed by atoms with van der Waals surface area (Å²) in [6.45, 7) is 0.882. The fourth-order valence-corrected chi connectivity index (χ4v) is 2.69. The first-order chi connectivity index (χ1) is 12.9. The molecule has 0 heterocycles. The molecule has 2 aromatic rings. The van der Waals surface area contributed by atoms with Crippen molar-refractivity contribution < 1.29 is 19.1 Å². The fraction of sp³-hybridized carbons (Fsp3) is 0.211. The van der Waals surface area contributed by atoms with Crippen LogP contribution in [0.25, 0.3) is 0 Å². The van der Waals surface area contributed by atoms with E-state index in [4.69, 9.17) is 27.9 Å². The molecule has 0 aliphatic heterocycles. The van der Waals surface area contributed by atoms with Crippen LogP contribution in [0.3, 0.4) is 0 Å². The van der Waals surface area contributed by atoms with Gasteiger partial charge in [0.05, 0.1) is 28.2 Å². The molecular weight excluding hydrogens is 391 g/mol. The first-order valence-corrected chi connectivity index (χ1v) is 8.84. The molecule has 0 saturated carbocycles. The van der Waals surface area contributed by atoms with Crippen LogP contribution < -0.4 is 10.6 Å². The quantitative estimate of drug-likeness (QED) is 0.683. The number of hydrogen-bond acceptors (Lipinski definition) is 4. The van der Waals surface area contributed by atoms with Gasteiger partial charge in [-0.25, -0.2) is 0 Å². The van der Waals surface area contributed by atoms with Crippen molar-refractivity contribution >= 4 is 46.7 Å². The topological polar surface area (TPSA) is 84.5 Å². The second kappa shape index (κ2) is 9.94. The van der Waals surface area contributed by atoms with Crippen LogP contribution in [0.1, 0.15) is 24.9 Å². The minimum Gasteiger partial charge on any atom is -0.455 e. The van der Waals surface area contributed by atoms with Crippen LogP contribution in [0.5, 0.6) is 0 Å². The number of amides is 2. The number of carbonyl (C=O) groups excluding carboxylic acids is 3. The summed E-state index contributed by atoms with van der Waals surface area (Å²) in [5.41, 5.74) is 1.09. The molecule has 6 nitrogen and oxygen atoms in total.